The Morgan fingerprint density at radius 2 is 1.74 bits per heavy atom. The average Bonchev–Trinajstić information content (AvgIpc) is 3.36. The highest BCUT2D eigenvalue weighted by atomic mass is 35.5. The van der Waals surface area contributed by atoms with Gasteiger partial charge in [0.15, 0.2) is 0 Å². The predicted molar refractivity (Wildman–Crippen MR) is 129 cm³/mol. The van der Waals surface area contributed by atoms with Gasteiger partial charge in [-0.05, 0) is 50.2 Å². The zero-order valence-electron chi connectivity index (χ0n) is 18.8. The second-order valence-corrected chi connectivity index (χ2v) is 8.48. The smallest absolute Gasteiger partial charge is 0.291 e. The zero-order valence-corrected chi connectivity index (χ0v) is 19.6. The highest BCUT2D eigenvalue weighted by Crippen LogP contribution is 2.32. The van der Waals surface area contributed by atoms with E-state index < -0.39 is 0 Å². The van der Waals surface area contributed by atoms with E-state index in [2.05, 4.69) is 10.4 Å². The molecular weight excluding hydrogens is 456 g/mol. The molecule has 174 valence electrons. The van der Waals surface area contributed by atoms with Crippen molar-refractivity contribution >= 4 is 40.1 Å². The molecule has 0 atom stereocenters. The van der Waals surface area contributed by atoms with Crippen LogP contribution in [0.25, 0.3) is 16.7 Å². The summed E-state index contributed by atoms with van der Waals surface area (Å²) in [4.78, 5) is 28.0. The van der Waals surface area contributed by atoms with Crippen LogP contribution >= 0.6 is 11.6 Å². The van der Waals surface area contributed by atoms with Crippen molar-refractivity contribution < 1.29 is 18.7 Å². The van der Waals surface area contributed by atoms with Crippen molar-refractivity contribution in [2.45, 2.75) is 13.8 Å². The molecule has 8 nitrogen and oxygen atoms in total. The molecule has 0 aliphatic carbocycles. The first-order valence-electron chi connectivity index (χ1n) is 11.0. The minimum atomic E-state index is -0.347. The van der Waals surface area contributed by atoms with Gasteiger partial charge in [-0.1, -0.05) is 23.7 Å². The van der Waals surface area contributed by atoms with Crippen molar-refractivity contribution in [1.82, 2.24) is 14.7 Å². The number of fused-ring (bicyclic) bond motifs is 1. The number of para-hydroxylation sites is 1. The maximum absolute atomic E-state index is 13.2. The van der Waals surface area contributed by atoms with Crippen LogP contribution in [0.4, 0.5) is 5.69 Å². The lowest BCUT2D eigenvalue weighted by atomic mass is 10.1. The van der Waals surface area contributed by atoms with E-state index in [1.165, 1.54) is 0 Å². The van der Waals surface area contributed by atoms with Gasteiger partial charge < -0.3 is 19.4 Å². The number of halogens is 1. The molecule has 1 saturated heterocycles. The Bertz CT molecular complexity index is 1380. The fraction of sp³-hybridized carbons (Fsp3) is 0.240. The predicted octanol–water partition coefficient (Wildman–Crippen LogP) is 4.61. The Morgan fingerprint density at radius 1 is 1.03 bits per heavy atom. The number of hydrogen-bond acceptors (Lipinski definition) is 5. The van der Waals surface area contributed by atoms with Gasteiger partial charge in [-0.3, -0.25) is 9.59 Å². The van der Waals surface area contributed by atoms with Crippen molar-refractivity contribution in [3.05, 3.63) is 76.3 Å². The minimum Gasteiger partial charge on any atom is -0.449 e. The molecule has 5 rings (SSSR count). The second kappa shape index (κ2) is 8.96. The highest BCUT2D eigenvalue weighted by molar-refractivity contribution is 6.31. The first-order chi connectivity index (χ1) is 16.4. The van der Waals surface area contributed by atoms with Gasteiger partial charge in [0.05, 0.1) is 35.3 Å². The van der Waals surface area contributed by atoms with Crippen LogP contribution in [0.3, 0.4) is 0 Å². The van der Waals surface area contributed by atoms with Gasteiger partial charge >= 0.3 is 0 Å². The maximum atomic E-state index is 13.2. The quantitative estimate of drug-likeness (QED) is 0.462. The maximum Gasteiger partial charge on any atom is 0.291 e. The summed E-state index contributed by atoms with van der Waals surface area (Å²) in [7, 11) is 0. The molecule has 4 aromatic rings. The third kappa shape index (κ3) is 3.95. The number of benzene rings is 2. The van der Waals surface area contributed by atoms with E-state index in [1.54, 1.807) is 39.9 Å². The lowest BCUT2D eigenvalue weighted by Gasteiger charge is -2.26. The molecule has 3 heterocycles. The van der Waals surface area contributed by atoms with Crippen molar-refractivity contribution in [3.63, 3.8) is 0 Å². The number of aromatic nitrogens is 2. The summed E-state index contributed by atoms with van der Waals surface area (Å²) in [6.07, 6.45) is 0. The number of carbonyl (C=O) groups excluding carboxylic acids is 2. The molecule has 2 aromatic carbocycles. The molecule has 0 saturated carbocycles. The Labute approximate surface area is 201 Å². The van der Waals surface area contributed by atoms with Crippen LogP contribution in [-0.2, 0) is 4.74 Å². The van der Waals surface area contributed by atoms with Gasteiger partial charge in [-0.15, -0.1) is 0 Å². The molecular formula is C25H23ClN4O4. The molecule has 2 aromatic heterocycles. The number of furan rings is 1. The van der Waals surface area contributed by atoms with Crippen molar-refractivity contribution in [2.75, 3.05) is 31.6 Å². The summed E-state index contributed by atoms with van der Waals surface area (Å²) in [5.41, 5.74) is 3.70. The van der Waals surface area contributed by atoms with E-state index in [4.69, 9.17) is 20.8 Å². The van der Waals surface area contributed by atoms with Crippen LogP contribution in [0.1, 0.15) is 32.3 Å². The number of amides is 2. The van der Waals surface area contributed by atoms with Gasteiger partial charge in [0, 0.05) is 24.0 Å². The number of nitrogens with one attached hydrogen (secondary N) is 1. The fourth-order valence-electron chi connectivity index (χ4n) is 4.04. The minimum absolute atomic E-state index is 0.116. The van der Waals surface area contributed by atoms with Gasteiger partial charge in [0.2, 0.25) is 5.76 Å². The molecule has 1 aliphatic rings. The van der Waals surface area contributed by atoms with E-state index >= 15 is 0 Å². The molecule has 0 spiro atoms. The third-order valence-electron chi connectivity index (χ3n) is 5.90. The standard InChI is InChI=1S/C25H23ClN4O4/c1-15-21(26)16(2)30(28-15)18-9-7-17(8-10-18)24(31)27-22-19-5-3-4-6-20(19)34-23(22)25(32)29-11-13-33-14-12-29/h3-10H,11-14H2,1-2H3,(H,27,31). The summed E-state index contributed by atoms with van der Waals surface area (Å²) in [6, 6.07) is 14.3. The van der Waals surface area contributed by atoms with E-state index in [-0.39, 0.29) is 17.6 Å². The third-order valence-corrected chi connectivity index (χ3v) is 6.45. The van der Waals surface area contributed by atoms with Crippen LogP contribution in [-0.4, -0.2) is 52.8 Å². The molecule has 0 bridgehead atoms. The SMILES string of the molecule is Cc1nn(-c2ccc(C(=O)Nc3c(C(=O)N4CCOCC4)oc4ccccc34)cc2)c(C)c1Cl. The number of anilines is 1. The van der Waals surface area contributed by atoms with E-state index in [0.717, 1.165) is 17.1 Å². The first-order valence-corrected chi connectivity index (χ1v) is 11.3. The van der Waals surface area contributed by atoms with Crippen LogP contribution < -0.4 is 5.32 Å². The molecule has 2 amide bonds. The van der Waals surface area contributed by atoms with Gasteiger partial charge in [0.25, 0.3) is 11.8 Å². The van der Waals surface area contributed by atoms with Crippen LogP contribution in [0.15, 0.2) is 52.9 Å². The molecule has 1 fully saturated rings. The molecule has 34 heavy (non-hydrogen) atoms. The van der Waals surface area contributed by atoms with Crippen LogP contribution in [0.2, 0.25) is 5.02 Å². The normalized spacial score (nSPS) is 13.9. The Balaban J connectivity index is 1.44. The molecule has 0 unspecified atom stereocenters. The number of nitrogens with zero attached hydrogens (tertiary/aromatic N) is 3. The number of rotatable bonds is 4. The number of morpholine rings is 1. The molecule has 1 aliphatic heterocycles. The summed E-state index contributed by atoms with van der Waals surface area (Å²) < 4.78 is 13.0. The lowest BCUT2D eigenvalue weighted by Crippen LogP contribution is -2.40. The first kappa shape index (κ1) is 22.2. The monoisotopic (exact) mass is 478 g/mol. The van der Waals surface area contributed by atoms with Crippen LogP contribution in [0, 0.1) is 13.8 Å². The van der Waals surface area contributed by atoms with Crippen molar-refractivity contribution in [2.24, 2.45) is 0 Å². The number of carbonyl (C=O) groups is 2. The molecule has 0 radical (unpaired) electrons. The zero-order chi connectivity index (χ0) is 23.8. The average molecular weight is 479 g/mol. The van der Waals surface area contributed by atoms with Gasteiger partial charge in [0.1, 0.15) is 11.3 Å². The largest absolute Gasteiger partial charge is 0.449 e. The molecule has 9 heteroatoms. The fourth-order valence-corrected chi connectivity index (χ4v) is 4.16. The summed E-state index contributed by atoms with van der Waals surface area (Å²) in [5, 5.41) is 8.63. The lowest BCUT2D eigenvalue weighted by molar-refractivity contribution is 0.0285. The van der Waals surface area contributed by atoms with E-state index in [0.29, 0.717) is 53.5 Å². The van der Waals surface area contributed by atoms with E-state index in [9.17, 15) is 9.59 Å². The van der Waals surface area contributed by atoms with Crippen LogP contribution in [0.5, 0.6) is 0 Å². The summed E-state index contributed by atoms with van der Waals surface area (Å²) >= 11 is 6.26. The summed E-state index contributed by atoms with van der Waals surface area (Å²) in [6.45, 7) is 5.63. The topological polar surface area (TPSA) is 89.6 Å². The van der Waals surface area contributed by atoms with E-state index in [1.807, 2.05) is 32.0 Å². The van der Waals surface area contributed by atoms with Gasteiger partial charge in [-0.2, -0.15) is 5.10 Å². The number of hydrogen-bond donors (Lipinski definition) is 1. The Morgan fingerprint density at radius 3 is 2.41 bits per heavy atom. The second-order valence-electron chi connectivity index (χ2n) is 8.10. The van der Waals surface area contributed by atoms with Crippen molar-refractivity contribution in [1.29, 1.82) is 0 Å². The Hall–Kier alpha value is -3.62. The molecule has 1 N–H and O–H groups in total. The highest BCUT2D eigenvalue weighted by Gasteiger charge is 2.27. The Kier molecular flexibility index (Phi) is 5.85. The van der Waals surface area contributed by atoms with Crippen molar-refractivity contribution in [3.8, 4) is 5.69 Å². The summed E-state index contributed by atoms with van der Waals surface area (Å²) in [5.74, 6) is -0.502. The van der Waals surface area contributed by atoms with Gasteiger partial charge in [-0.25, -0.2) is 4.68 Å². The number of aryl methyl sites for hydroxylation is 1. The number of ether oxygens (including phenoxy) is 1.